The number of carbonyl (C=O) groups excluding carboxylic acids is 3. The van der Waals surface area contributed by atoms with E-state index in [-0.39, 0.29) is 41.2 Å². The first-order valence-electron chi connectivity index (χ1n) is 15.4. The summed E-state index contributed by atoms with van der Waals surface area (Å²) in [6.07, 6.45) is 4.09. The molecule has 3 aromatic rings. The highest BCUT2D eigenvalue weighted by Crippen LogP contribution is 2.24. The number of hydrogen-bond acceptors (Lipinski definition) is 10. The lowest BCUT2D eigenvalue weighted by molar-refractivity contribution is -0.132. The van der Waals surface area contributed by atoms with E-state index in [0.717, 1.165) is 24.3 Å². The predicted octanol–water partition coefficient (Wildman–Crippen LogP) is 2.29. The van der Waals surface area contributed by atoms with Crippen LogP contribution in [-0.4, -0.2) is 94.8 Å². The molecule has 0 saturated carbocycles. The number of aromatic nitrogens is 2. The molecule has 0 bridgehead atoms. The van der Waals surface area contributed by atoms with Gasteiger partial charge in [0, 0.05) is 67.6 Å². The van der Waals surface area contributed by atoms with Gasteiger partial charge >= 0.3 is 5.97 Å². The van der Waals surface area contributed by atoms with Crippen molar-refractivity contribution in [1.82, 2.24) is 19.8 Å². The van der Waals surface area contributed by atoms with Gasteiger partial charge in [0.15, 0.2) is 11.7 Å². The maximum atomic E-state index is 13.2. The fourth-order valence-electron chi connectivity index (χ4n) is 5.62. The monoisotopic (exact) mass is 627 g/mol. The van der Waals surface area contributed by atoms with Gasteiger partial charge in [0.1, 0.15) is 5.60 Å². The van der Waals surface area contributed by atoms with E-state index in [0.29, 0.717) is 44.1 Å². The fourth-order valence-corrected chi connectivity index (χ4v) is 5.62. The summed E-state index contributed by atoms with van der Waals surface area (Å²) in [4.78, 5) is 53.8. The number of carbonyl (C=O) groups is 3. The van der Waals surface area contributed by atoms with Crippen molar-refractivity contribution in [2.24, 2.45) is 22.6 Å². The number of amidine groups is 1. The van der Waals surface area contributed by atoms with Crippen LogP contribution >= 0.6 is 0 Å². The van der Waals surface area contributed by atoms with Gasteiger partial charge in [0.05, 0.1) is 18.0 Å². The largest absolute Gasteiger partial charge is 0.456 e. The van der Waals surface area contributed by atoms with E-state index in [1.807, 2.05) is 21.9 Å². The van der Waals surface area contributed by atoms with Gasteiger partial charge in [-0.3, -0.25) is 14.5 Å². The Hall–Kier alpha value is -5.04. The third-order valence-corrected chi connectivity index (χ3v) is 8.01. The minimum absolute atomic E-state index is 0.0561. The SMILES string of the molecule is CC(C)(C)OC(=O)c1ccc(NC(=O)[C@@H]2CCN(CC(=O)N3CCN(c4ccc(-c5ncccn5)cc4)CC3)C2)cc1/C(N)=N\N. The maximum Gasteiger partial charge on any atom is 0.339 e. The Morgan fingerprint density at radius 1 is 0.978 bits per heavy atom. The lowest BCUT2D eigenvalue weighted by Gasteiger charge is -2.36. The Labute approximate surface area is 268 Å². The summed E-state index contributed by atoms with van der Waals surface area (Å²) in [6.45, 7) is 9.45. The zero-order valence-electron chi connectivity index (χ0n) is 26.5. The third kappa shape index (κ3) is 7.96. The van der Waals surface area contributed by atoms with Crippen LogP contribution in [0.25, 0.3) is 11.4 Å². The van der Waals surface area contributed by atoms with Crippen molar-refractivity contribution in [2.75, 3.05) is 56.0 Å². The molecule has 2 aromatic carbocycles. The van der Waals surface area contributed by atoms with Gasteiger partial charge < -0.3 is 31.4 Å². The molecular formula is C33H41N9O4. The van der Waals surface area contributed by atoms with E-state index >= 15 is 0 Å². The molecule has 0 unspecified atom stereocenters. The van der Waals surface area contributed by atoms with E-state index in [4.69, 9.17) is 16.3 Å². The van der Waals surface area contributed by atoms with Crippen LogP contribution < -0.4 is 21.8 Å². The summed E-state index contributed by atoms with van der Waals surface area (Å²) in [5.41, 5.74) is 8.24. The molecule has 2 fully saturated rings. The number of likely N-dealkylation sites (tertiary alicyclic amines) is 1. The van der Waals surface area contributed by atoms with Gasteiger partial charge in [-0.15, -0.1) is 0 Å². The van der Waals surface area contributed by atoms with Crippen LogP contribution in [0.1, 0.15) is 43.1 Å². The first kappa shape index (κ1) is 32.4. The molecule has 5 rings (SSSR count). The summed E-state index contributed by atoms with van der Waals surface area (Å²) < 4.78 is 5.47. The second kappa shape index (κ2) is 13.9. The smallest absolute Gasteiger partial charge is 0.339 e. The predicted molar refractivity (Wildman–Crippen MR) is 176 cm³/mol. The van der Waals surface area contributed by atoms with E-state index in [9.17, 15) is 14.4 Å². The molecule has 2 aliphatic rings. The Bertz CT molecular complexity index is 1580. The number of nitrogens with zero attached hydrogens (tertiary/aromatic N) is 6. The number of anilines is 2. The van der Waals surface area contributed by atoms with Gasteiger partial charge in [-0.2, -0.15) is 5.10 Å². The van der Waals surface area contributed by atoms with Crippen molar-refractivity contribution in [3.8, 4) is 11.4 Å². The molecular weight excluding hydrogens is 586 g/mol. The molecule has 2 amide bonds. The number of hydrogen-bond donors (Lipinski definition) is 3. The molecule has 1 aromatic heterocycles. The zero-order valence-corrected chi connectivity index (χ0v) is 26.5. The number of ether oxygens (including phenoxy) is 1. The van der Waals surface area contributed by atoms with Gasteiger partial charge in [-0.25, -0.2) is 14.8 Å². The van der Waals surface area contributed by atoms with Crippen molar-refractivity contribution in [3.63, 3.8) is 0 Å². The number of amides is 2. The molecule has 46 heavy (non-hydrogen) atoms. The maximum absolute atomic E-state index is 13.2. The van der Waals surface area contributed by atoms with Crippen molar-refractivity contribution in [1.29, 1.82) is 0 Å². The molecule has 13 nitrogen and oxygen atoms in total. The fraction of sp³-hybridized carbons (Fsp3) is 0.394. The average Bonchev–Trinajstić information content (AvgIpc) is 3.52. The molecule has 242 valence electrons. The van der Waals surface area contributed by atoms with E-state index in [1.165, 1.54) is 6.07 Å². The first-order valence-corrected chi connectivity index (χ1v) is 15.4. The Kier molecular flexibility index (Phi) is 9.81. The standard InChI is InChI=1S/C33H41N9O4/c1-33(2,3)46-32(45)26-10-7-24(19-27(26)29(34)39-35)38-31(44)23-11-14-40(20-23)21-28(43)42-17-15-41(16-18-42)25-8-5-22(6-9-25)30-36-12-4-13-37-30/h4-10,12-13,19,23H,11,14-18,20-21,35H2,1-3H3,(H2,34,39)(H,38,44)/t23-/m1/s1. The summed E-state index contributed by atoms with van der Waals surface area (Å²) in [5.74, 6) is 5.07. The number of benzene rings is 2. The number of rotatable bonds is 8. The Balaban J connectivity index is 1.11. The van der Waals surface area contributed by atoms with Crippen LogP contribution in [0.5, 0.6) is 0 Å². The Morgan fingerprint density at radius 3 is 2.33 bits per heavy atom. The lowest BCUT2D eigenvalue weighted by Crippen LogP contribution is -2.51. The van der Waals surface area contributed by atoms with E-state index in [1.54, 1.807) is 51.4 Å². The number of nitrogens with two attached hydrogens (primary N) is 2. The molecule has 2 saturated heterocycles. The van der Waals surface area contributed by atoms with Crippen molar-refractivity contribution >= 4 is 35.0 Å². The quantitative estimate of drug-likeness (QED) is 0.111. The highest BCUT2D eigenvalue weighted by atomic mass is 16.6. The minimum atomic E-state index is -0.702. The van der Waals surface area contributed by atoms with E-state index in [2.05, 4.69) is 37.4 Å². The topological polar surface area (TPSA) is 172 Å². The van der Waals surface area contributed by atoms with Crippen LogP contribution in [0, 0.1) is 5.92 Å². The normalized spacial score (nSPS) is 17.5. The molecule has 5 N–H and O–H groups in total. The molecule has 0 spiro atoms. The highest BCUT2D eigenvalue weighted by Gasteiger charge is 2.31. The highest BCUT2D eigenvalue weighted by molar-refractivity contribution is 6.08. The van der Waals surface area contributed by atoms with Gasteiger partial charge in [-0.05, 0) is 82.3 Å². The second-order valence-electron chi connectivity index (χ2n) is 12.5. The molecule has 2 aliphatic heterocycles. The van der Waals surface area contributed by atoms with Crippen LogP contribution in [0.4, 0.5) is 11.4 Å². The Morgan fingerprint density at radius 2 is 1.67 bits per heavy atom. The van der Waals surface area contributed by atoms with Crippen molar-refractivity contribution in [3.05, 3.63) is 72.1 Å². The van der Waals surface area contributed by atoms with Crippen LogP contribution in [0.3, 0.4) is 0 Å². The van der Waals surface area contributed by atoms with Crippen LogP contribution in [0.2, 0.25) is 0 Å². The number of nitrogens with one attached hydrogen (secondary N) is 1. The summed E-state index contributed by atoms with van der Waals surface area (Å²) in [7, 11) is 0. The van der Waals surface area contributed by atoms with Crippen LogP contribution in [-0.2, 0) is 14.3 Å². The molecule has 1 atom stereocenters. The van der Waals surface area contributed by atoms with Gasteiger partial charge in [0.2, 0.25) is 11.8 Å². The van der Waals surface area contributed by atoms with Gasteiger partial charge in [-0.1, -0.05) is 0 Å². The van der Waals surface area contributed by atoms with Gasteiger partial charge in [0.25, 0.3) is 0 Å². The van der Waals surface area contributed by atoms with Crippen molar-refractivity contribution in [2.45, 2.75) is 32.8 Å². The second-order valence-corrected chi connectivity index (χ2v) is 12.5. The first-order chi connectivity index (χ1) is 22.0. The molecule has 3 heterocycles. The summed E-state index contributed by atoms with van der Waals surface area (Å²) in [5, 5.41) is 6.44. The number of piperazine rings is 1. The molecule has 13 heteroatoms. The lowest BCUT2D eigenvalue weighted by atomic mass is 10.0. The third-order valence-electron chi connectivity index (χ3n) is 8.01. The molecule has 0 radical (unpaired) electrons. The number of hydrazone groups is 1. The molecule has 0 aliphatic carbocycles. The summed E-state index contributed by atoms with van der Waals surface area (Å²) >= 11 is 0. The van der Waals surface area contributed by atoms with Crippen LogP contribution in [0.15, 0.2) is 66.0 Å². The number of esters is 1. The van der Waals surface area contributed by atoms with E-state index < -0.39 is 11.6 Å². The summed E-state index contributed by atoms with van der Waals surface area (Å²) in [6, 6.07) is 14.7. The average molecular weight is 628 g/mol. The van der Waals surface area contributed by atoms with Crippen molar-refractivity contribution < 1.29 is 19.1 Å². The zero-order chi connectivity index (χ0) is 32.8. The minimum Gasteiger partial charge on any atom is -0.456 e.